The Hall–Kier alpha value is -2.40. The Bertz CT molecular complexity index is 733. The van der Waals surface area contributed by atoms with Crippen LogP contribution in [0.5, 0.6) is 0 Å². The van der Waals surface area contributed by atoms with Crippen LogP contribution in [0.15, 0.2) is 42.6 Å². The lowest BCUT2D eigenvalue weighted by atomic mass is 10.0. The van der Waals surface area contributed by atoms with Crippen molar-refractivity contribution in [3.05, 3.63) is 59.4 Å². The van der Waals surface area contributed by atoms with E-state index in [1.807, 2.05) is 55.1 Å². The lowest BCUT2D eigenvalue weighted by molar-refractivity contribution is 0.130. The van der Waals surface area contributed by atoms with Gasteiger partial charge < -0.3 is 15.3 Å². The second-order valence-electron chi connectivity index (χ2n) is 6.72. The fraction of sp³-hybridized carbons (Fsp3) is 0.400. The van der Waals surface area contributed by atoms with Crippen molar-refractivity contribution in [2.75, 3.05) is 11.9 Å². The van der Waals surface area contributed by atoms with Crippen LogP contribution in [0.1, 0.15) is 42.2 Å². The van der Waals surface area contributed by atoms with Crippen LogP contribution in [0, 0.1) is 13.8 Å². The average Bonchev–Trinajstić information content (AvgIpc) is 3.07. The van der Waals surface area contributed by atoms with Gasteiger partial charge in [-0.2, -0.15) is 0 Å². The molecule has 1 fully saturated rings. The van der Waals surface area contributed by atoms with Crippen molar-refractivity contribution in [1.29, 1.82) is 0 Å². The molecule has 1 aromatic carbocycles. The highest BCUT2D eigenvalue weighted by atomic mass is 16.3. The summed E-state index contributed by atoms with van der Waals surface area (Å²) in [5.74, 6) is 0. The number of nitrogens with zero attached hydrogens (tertiary/aromatic N) is 2. The van der Waals surface area contributed by atoms with Crippen molar-refractivity contribution in [2.45, 2.75) is 45.3 Å². The zero-order chi connectivity index (χ0) is 17.8. The second kappa shape index (κ2) is 7.66. The minimum absolute atomic E-state index is 0.0541. The number of hydrogen-bond donors (Lipinski definition) is 2. The topological polar surface area (TPSA) is 65.5 Å². The third kappa shape index (κ3) is 4.17. The summed E-state index contributed by atoms with van der Waals surface area (Å²) in [6.07, 6.45) is 3.67. The van der Waals surface area contributed by atoms with Crippen molar-refractivity contribution in [3.63, 3.8) is 0 Å². The van der Waals surface area contributed by atoms with Gasteiger partial charge in [-0.05, 0) is 50.3 Å². The van der Waals surface area contributed by atoms with Crippen LogP contribution in [0.25, 0.3) is 0 Å². The highest BCUT2D eigenvalue weighted by molar-refractivity contribution is 5.90. The normalized spacial score (nSPS) is 18.2. The van der Waals surface area contributed by atoms with Gasteiger partial charge >= 0.3 is 6.03 Å². The maximum Gasteiger partial charge on any atom is 0.322 e. The Morgan fingerprint density at radius 1 is 1.36 bits per heavy atom. The van der Waals surface area contributed by atoms with Crippen LogP contribution >= 0.6 is 0 Å². The van der Waals surface area contributed by atoms with Crippen LogP contribution in [-0.2, 0) is 0 Å². The molecule has 0 radical (unpaired) electrons. The summed E-state index contributed by atoms with van der Waals surface area (Å²) in [5, 5.41) is 13.5. The maximum atomic E-state index is 12.7. The molecule has 0 bridgehead atoms. The fourth-order valence-corrected chi connectivity index (χ4v) is 3.37. The number of aliphatic hydroxyl groups excluding tert-OH is 1. The fourth-order valence-electron chi connectivity index (χ4n) is 3.37. The minimum atomic E-state index is -0.551. The molecule has 0 aliphatic carbocycles. The molecule has 2 aromatic rings. The van der Waals surface area contributed by atoms with Crippen molar-refractivity contribution in [3.8, 4) is 0 Å². The summed E-state index contributed by atoms with van der Waals surface area (Å²) in [7, 11) is 0. The largest absolute Gasteiger partial charge is 0.388 e. The number of nitrogens with one attached hydrogen (secondary N) is 1. The van der Waals surface area contributed by atoms with Crippen LogP contribution < -0.4 is 5.32 Å². The highest BCUT2D eigenvalue weighted by Crippen LogP contribution is 2.28. The van der Waals surface area contributed by atoms with E-state index in [1.165, 1.54) is 0 Å². The molecule has 0 unspecified atom stereocenters. The van der Waals surface area contributed by atoms with Crippen molar-refractivity contribution in [1.82, 2.24) is 9.88 Å². The summed E-state index contributed by atoms with van der Waals surface area (Å²) < 4.78 is 0. The van der Waals surface area contributed by atoms with Crippen molar-refractivity contribution < 1.29 is 9.90 Å². The Labute approximate surface area is 148 Å². The number of hydrogen-bond acceptors (Lipinski definition) is 3. The molecule has 25 heavy (non-hydrogen) atoms. The monoisotopic (exact) mass is 339 g/mol. The number of aromatic nitrogens is 1. The SMILES string of the molecule is Cc1cc(NC(=O)N2CCC[C@@H]2C[C@H](O)c2ccccc2)c(C)cn1. The molecule has 132 valence electrons. The van der Waals surface area contributed by atoms with Gasteiger partial charge in [-0.3, -0.25) is 4.98 Å². The van der Waals surface area contributed by atoms with Gasteiger partial charge in [0.15, 0.2) is 0 Å². The standard InChI is InChI=1S/C20H25N3O2/c1-14-13-21-15(2)11-18(14)22-20(25)23-10-6-9-17(23)12-19(24)16-7-4-3-5-8-16/h3-5,7-8,11,13,17,19,24H,6,9-10,12H2,1-2H3,(H,21,22,25)/t17-,19+/m1/s1. The van der Waals surface area contributed by atoms with Gasteiger partial charge in [-0.15, -0.1) is 0 Å². The number of likely N-dealkylation sites (tertiary alicyclic amines) is 1. The third-order valence-electron chi connectivity index (χ3n) is 4.80. The molecular formula is C20H25N3O2. The van der Waals surface area contributed by atoms with Gasteiger partial charge in [0, 0.05) is 30.2 Å². The summed E-state index contributed by atoms with van der Waals surface area (Å²) >= 11 is 0. The third-order valence-corrected chi connectivity index (χ3v) is 4.80. The van der Waals surface area contributed by atoms with E-state index in [1.54, 1.807) is 6.20 Å². The average molecular weight is 339 g/mol. The van der Waals surface area contributed by atoms with Gasteiger partial charge in [0.2, 0.25) is 0 Å². The number of pyridine rings is 1. The first kappa shape index (κ1) is 17.4. The molecule has 2 amide bonds. The molecular weight excluding hydrogens is 314 g/mol. The highest BCUT2D eigenvalue weighted by Gasteiger charge is 2.31. The first-order valence-corrected chi connectivity index (χ1v) is 8.78. The van der Waals surface area contributed by atoms with Gasteiger partial charge in [0.05, 0.1) is 6.10 Å². The Kier molecular flexibility index (Phi) is 5.34. The number of amides is 2. The van der Waals surface area contributed by atoms with E-state index in [0.29, 0.717) is 6.42 Å². The van der Waals surface area contributed by atoms with Gasteiger partial charge in [-0.1, -0.05) is 30.3 Å². The zero-order valence-electron chi connectivity index (χ0n) is 14.8. The quantitative estimate of drug-likeness (QED) is 0.890. The molecule has 2 atom stereocenters. The Morgan fingerprint density at radius 3 is 2.88 bits per heavy atom. The van der Waals surface area contributed by atoms with Crippen LogP contribution in [0.3, 0.4) is 0 Å². The molecule has 5 heteroatoms. The second-order valence-corrected chi connectivity index (χ2v) is 6.72. The van der Waals surface area contributed by atoms with E-state index < -0.39 is 6.10 Å². The summed E-state index contributed by atoms with van der Waals surface area (Å²) in [6.45, 7) is 4.56. The predicted molar refractivity (Wildman–Crippen MR) is 98.5 cm³/mol. The molecule has 0 saturated carbocycles. The van der Waals surface area contributed by atoms with Gasteiger partial charge in [0.25, 0.3) is 0 Å². The van der Waals surface area contributed by atoms with Crippen LogP contribution in [0.2, 0.25) is 0 Å². The lowest BCUT2D eigenvalue weighted by Gasteiger charge is -2.27. The van der Waals surface area contributed by atoms with Gasteiger partial charge in [-0.25, -0.2) is 4.79 Å². The minimum Gasteiger partial charge on any atom is -0.388 e. The van der Waals surface area contributed by atoms with Gasteiger partial charge in [0.1, 0.15) is 0 Å². The number of rotatable bonds is 4. The smallest absolute Gasteiger partial charge is 0.322 e. The van der Waals surface area contributed by atoms with Crippen LogP contribution in [0.4, 0.5) is 10.5 Å². The predicted octanol–water partition coefficient (Wildman–Crippen LogP) is 3.82. The van der Waals surface area contributed by atoms with E-state index in [4.69, 9.17) is 0 Å². The summed E-state index contributed by atoms with van der Waals surface area (Å²) in [4.78, 5) is 18.8. The zero-order valence-corrected chi connectivity index (χ0v) is 14.8. The first-order chi connectivity index (χ1) is 12.0. The van der Waals surface area contributed by atoms with Crippen LogP contribution in [-0.4, -0.2) is 33.6 Å². The van der Waals surface area contributed by atoms with E-state index in [2.05, 4.69) is 10.3 Å². The molecule has 1 aromatic heterocycles. The summed E-state index contributed by atoms with van der Waals surface area (Å²) in [5.41, 5.74) is 3.51. The molecule has 0 spiro atoms. The number of aryl methyl sites for hydroxylation is 2. The summed E-state index contributed by atoms with van der Waals surface area (Å²) in [6, 6.07) is 11.5. The van der Waals surface area contributed by atoms with Crippen molar-refractivity contribution >= 4 is 11.7 Å². The van der Waals surface area contributed by atoms with E-state index in [-0.39, 0.29) is 12.1 Å². The number of carbonyl (C=O) groups is 1. The Morgan fingerprint density at radius 2 is 2.12 bits per heavy atom. The first-order valence-electron chi connectivity index (χ1n) is 8.78. The van der Waals surface area contributed by atoms with E-state index in [0.717, 1.165) is 41.9 Å². The number of benzene rings is 1. The van der Waals surface area contributed by atoms with Crippen molar-refractivity contribution in [2.24, 2.45) is 0 Å². The number of urea groups is 1. The van der Waals surface area contributed by atoms with E-state index >= 15 is 0 Å². The lowest BCUT2D eigenvalue weighted by Crippen LogP contribution is -2.39. The number of carbonyl (C=O) groups excluding carboxylic acids is 1. The molecule has 1 saturated heterocycles. The molecule has 1 aliphatic heterocycles. The number of anilines is 1. The molecule has 1 aliphatic rings. The van der Waals surface area contributed by atoms with E-state index in [9.17, 15) is 9.90 Å². The molecule has 2 N–H and O–H groups in total. The molecule has 5 nitrogen and oxygen atoms in total. The maximum absolute atomic E-state index is 12.7. The molecule has 3 rings (SSSR count). The Balaban J connectivity index is 1.66. The number of aliphatic hydroxyl groups is 1. The molecule has 2 heterocycles.